The van der Waals surface area contributed by atoms with Crippen molar-refractivity contribution in [3.8, 4) is 22.8 Å². The van der Waals surface area contributed by atoms with E-state index < -0.39 is 5.97 Å². The van der Waals surface area contributed by atoms with Gasteiger partial charge in [0.1, 0.15) is 11.5 Å². The Morgan fingerprint density at radius 2 is 2.11 bits per heavy atom. The van der Waals surface area contributed by atoms with Crippen LogP contribution in [0.25, 0.3) is 11.3 Å². The monoisotopic (exact) mass is 262 g/mol. The molecule has 1 heterocycles. The summed E-state index contributed by atoms with van der Waals surface area (Å²) in [7, 11) is 3.10. The van der Waals surface area contributed by atoms with Crippen LogP contribution in [-0.2, 0) is 7.05 Å². The number of hydrogen-bond donors (Lipinski definition) is 2. The summed E-state index contributed by atoms with van der Waals surface area (Å²) in [5.74, 6) is -0.602. The van der Waals surface area contributed by atoms with Gasteiger partial charge in [-0.05, 0) is 24.6 Å². The summed E-state index contributed by atoms with van der Waals surface area (Å²) in [5, 5.41) is 23.0. The number of carboxylic acid groups (broad SMARTS) is 1. The largest absolute Gasteiger partial charge is 0.507 e. The summed E-state index contributed by atoms with van der Waals surface area (Å²) < 4.78 is 6.62. The van der Waals surface area contributed by atoms with Gasteiger partial charge in [0.25, 0.3) is 0 Å². The van der Waals surface area contributed by atoms with Gasteiger partial charge in [-0.25, -0.2) is 4.79 Å². The van der Waals surface area contributed by atoms with Crippen molar-refractivity contribution in [3.63, 3.8) is 0 Å². The van der Waals surface area contributed by atoms with Gasteiger partial charge in [-0.2, -0.15) is 5.10 Å². The molecule has 0 aliphatic heterocycles. The Bertz CT molecular complexity index is 646. The maximum absolute atomic E-state index is 10.9. The fraction of sp³-hybridized carbons (Fsp3) is 0.231. The lowest BCUT2D eigenvalue weighted by atomic mass is 10.0. The molecule has 100 valence electrons. The standard InChI is InChI=1S/C13H14N2O4/c1-7-4-5-10(19-3)11(12(7)16)9-6-8(13(17)18)14-15(9)2/h4-6,16H,1-3H3,(H,17,18). The van der Waals surface area contributed by atoms with Crippen LogP contribution in [-0.4, -0.2) is 33.1 Å². The predicted octanol–water partition coefficient (Wildman–Crippen LogP) is 1.81. The molecule has 0 aliphatic carbocycles. The maximum Gasteiger partial charge on any atom is 0.356 e. The minimum absolute atomic E-state index is 0.0549. The second kappa shape index (κ2) is 4.64. The van der Waals surface area contributed by atoms with Gasteiger partial charge in [0.15, 0.2) is 5.69 Å². The van der Waals surface area contributed by atoms with E-state index in [0.29, 0.717) is 22.6 Å². The number of phenolic OH excluding ortho intramolecular Hbond substituents is 1. The van der Waals surface area contributed by atoms with Gasteiger partial charge >= 0.3 is 5.97 Å². The summed E-state index contributed by atoms with van der Waals surface area (Å²) in [6.07, 6.45) is 0. The van der Waals surface area contributed by atoms with E-state index in [1.54, 1.807) is 26.1 Å². The van der Waals surface area contributed by atoms with Crippen molar-refractivity contribution in [2.45, 2.75) is 6.92 Å². The van der Waals surface area contributed by atoms with Crippen LogP contribution >= 0.6 is 0 Å². The Morgan fingerprint density at radius 3 is 2.63 bits per heavy atom. The minimum Gasteiger partial charge on any atom is -0.507 e. The third-order valence-electron chi connectivity index (χ3n) is 2.92. The number of aromatic carboxylic acids is 1. The molecule has 2 N–H and O–H groups in total. The SMILES string of the molecule is COc1ccc(C)c(O)c1-c1cc(C(=O)O)nn1C. The van der Waals surface area contributed by atoms with E-state index in [4.69, 9.17) is 9.84 Å². The van der Waals surface area contributed by atoms with Crippen molar-refractivity contribution < 1.29 is 19.7 Å². The van der Waals surface area contributed by atoms with Crippen molar-refractivity contribution >= 4 is 5.97 Å². The van der Waals surface area contributed by atoms with Gasteiger partial charge in [-0.3, -0.25) is 4.68 Å². The van der Waals surface area contributed by atoms with E-state index in [9.17, 15) is 9.90 Å². The topological polar surface area (TPSA) is 84.6 Å². The van der Waals surface area contributed by atoms with Gasteiger partial charge in [-0.15, -0.1) is 0 Å². The summed E-state index contributed by atoms with van der Waals surface area (Å²) in [6.45, 7) is 1.76. The molecule has 0 bridgehead atoms. The third-order valence-corrected chi connectivity index (χ3v) is 2.92. The van der Waals surface area contributed by atoms with Gasteiger partial charge < -0.3 is 14.9 Å². The molecule has 0 aliphatic rings. The summed E-state index contributed by atoms with van der Waals surface area (Å²) in [6, 6.07) is 4.85. The van der Waals surface area contributed by atoms with Crippen LogP contribution in [0.2, 0.25) is 0 Å². The lowest BCUT2D eigenvalue weighted by molar-refractivity contribution is 0.0689. The average molecular weight is 262 g/mol. The highest BCUT2D eigenvalue weighted by molar-refractivity contribution is 5.88. The first kappa shape index (κ1) is 12.9. The zero-order valence-electron chi connectivity index (χ0n) is 10.8. The molecule has 0 fully saturated rings. The fourth-order valence-electron chi connectivity index (χ4n) is 1.90. The molecule has 0 radical (unpaired) electrons. The Balaban J connectivity index is 2.71. The Kier molecular flexibility index (Phi) is 3.16. The highest BCUT2D eigenvalue weighted by atomic mass is 16.5. The molecule has 0 amide bonds. The molecule has 1 aromatic heterocycles. The van der Waals surface area contributed by atoms with Crippen molar-refractivity contribution in [1.29, 1.82) is 0 Å². The van der Waals surface area contributed by atoms with E-state index in [1.807, 2.05) is 0 Å². The first-order valence-corrected chi connectivity index (χ1v) is 5.60. The number of nitrogens with zero attached hydrogens (tertiary/aromatic N) is 2. The molecule has 1 aromatic carbocycles. The van der Waals surface area contributed by atoms with Gasteiger partial charge in [0.05, 0.1) is 18.4 Å². The molecular formula is C13H14N2O4. The number of benzene rings is 1. The van der Waals surface area contributed by atoms with Gasteiger partial charge in [-0.1, -0.05) is 6.07 Å². The number of hydrogen-bond acceptors (Lipinski definition) is 4. The highest BCUT2D eigenvalue weighted by Crippen LogP contribution is 2.39. The van der Waals surface area contributed by atoms with Crippen molar-refractivity contribution in [3.05, 3.63) is 29.5 Å². The molecule has 0 saturated carbocycles. The number of carboxylic acids is 1. The first-order valence-electron chi connectivity index (χ1n) is 5.60. The lowest BCUT2D eigenvalue weighted by Crippen LogP contribution is -2.00. The fourth-order valence-corrected chi connectivity index (χ4v) is 1.90. The third kappa shape index (κ3) is 2.12. The number of phenols is 1. The number of ether oxygens (including phenoxy) is 1. The molecule has 0 spiro atoms. The maximum atomic E-state index is 10.9. The molecule has 6 heteroatoms. The van der Waals surface area contributed by atoms with Crippen LogP contribution < -0.4 is 4.74 Å². The zero-order valence-corrected chi connectivity index (χ0v) is 10.8. The normalized spacial score (nSPS) is 10.5. The van der Waals surface area contributed by atoms with Crippen LogP contribution in [0.5, 0.6) is 11.5 Å². The van der Waals surface area contributed by atoms with Crippen LogP contribution in [0.1, 0.15) is 16.1 Å². The Hall–Kier alpha value is -2.50. The van der Waals surface area contributed by atoms with E-state index in [1.165, 1.54) is 17.9 Å². The molecule has 0 saturated heterocycles. The molecule has 19 heavy (non-hydrogen) atoms. The van der Waals surface area contributed by atoms with Crippen LogP contribution in [0.15, 0.2) is 18.2 Å². The Labute approximate surface area is 109 Å². The minimum atomic E-state index is -1.12. The molecule has 0 atom stereocenters. The lowest BCUT2D eigenvalue weighted by Gasteiger charge is -2.12. The predicted molar refractivity (Wildman–Crippen MR) is 68.6 cm³/mol. The number of methoxy groups -OCH3 is 1. The molecule has 2 rings (SSSR count). The Morgan fingerprint density at radius 1 is 1.42 bits per heavy atom. The summed E-state index contributed by atoms with van der Waals surface area (Å²) in [4.78, 5) is 10.9. The van der Waals surface area contributed by atoms with Crippen molar-refractivity contribution in [1.82, 2.24) is 9.78 Å². The van der Waals surface area contributed by atoms with E-state index >= 15 is 0 Å². The number of carbonyl (C=O) groups is 1. The van der Waals surface area contributed by atoms with Crippen molar-refractivity contribution in [2.75, 3.05) is 7.11 Å². The second-order valence-corrected chi connectivity index (χ2v) is 4.15. The summed E-state index contributed by atoms with van der Waals surface area (Å²) >= 11 is 0. The van der Waals surface area contributed by atoms with Crippen LogP contribution in [0, 0.1) is 6.92 Å². The van der Waals surface area contributed by atoms with E-state index in [0.717, 1.165) is 0 Å². The van der Waals surface area contributed by atoms with Crippen LogP contribution in [0.3, 0.4) is 0 Å². The average Bonchev–Trinajstić information content (AvgIpc) is 2.74. The molecular weight excluding hydrogens is 248 g/mol. The number of aromatic hydroxyl groups is 1. The number of rotatable bonds is 3. The molecule has 2 aromatic rings. The van der Waals surface area contributed by atoms with E-state index in [2.05, 4.69) is 5.10 Å². The number of aryl methyl sites for hydroxylation is 2. The van der Waals surface area contributed by atoms with Gasteiger partial charge in [0.2, 0.25) is 0 Å². The zero-order chi connectivity index (χ0) is 14.2. The molecule has 6 nitrogen and oxygen atoms in total. The second-order valence-electron chi connectivity index (χ2n) is 4.15. The van der Waals surface area contributed by atoms with Crippen LogP contribution in [0.4, 0.5) is 0 Å². The van der Waals surface area contributed by atoms with Crippen molar-refractivity contribution in [2.24, 2.45) is 7.05 Å². The summed E-state index contributed by atoms with van der Waals surface area (Å²) in [5.41, 5.74) is 1.51. The molecule has 0 unspecified atom stereocenters. The first-order chi connectivity index (χ1) is 8.95. The smallest absolute Gasteiger partial charge is 0.356 e. The van der Waals surface area contributed by atoms with Gasteiger partial charge in [0, 0.05) is 7.05 Å². The quantitative estimate of drug-likeness (QED) is 0.881. The highest BCUT2D eigenvalue weighted by Gasteiger charge is 2.19. The van der Waals surface area contributed by atoms with E-state index in [-0.39, 0.29) is 11.4 Å². The number of aromatic nitrogens is 2.